The second-order valence-corrected chi connectivity index (χ2v) is 7.32. The van der Waals surface area contributed by atoms with Gasteiger partial charge in [0.1, 0.15) is 5.69 Å². The Labute approximate surface area is 176 Å². The number of aromatic nitrogens is 3. The summed E-state index contributed by atoms with van der Waals surface area (Å²) >= 11 is 1.57. The molecule has 0 radical (unpaired) electrons. The van der Waals surface area contributed by atoms with Gasteiger partial charge in [-0.1, -0.05) is 17.8 Å². The van der Waals surface area contributed by atoms with Crippen LogP contribution in [0.25, 0.3) is 11.0 Å². The molecule has 0 bridgehead atoms. The SMILES string of the molecule is COC(=O)Nc1nc2ccc(Sc3ccc(NC(=O)c4ccccn4)cc3)cc2[nH]1. The summed E-state index contributed by atoms with van der Waals surface area (Å²) in [5, 5.41) is 5.34. The molecule has 0 unspecified atom stereocenters. The summed E-state index contributed by atoms with van der Waals surface area (Å²) < 4.78 is 4.57. The van der Waals surface area contributed by atoms with E-state index < -0.39 is 6.09 Å². The number of benzene rings is 2. The van der Waals surface area contributed by atoms with Crippen molar-refractivity contribution < 1.29 is 14.3 Å². The number of methoxy groups -OCH3 is 1. The Morgan fingerprint density at radius 2 is 1.80 bits per heavy atom. The van der Waals surface area contributed by atoms with Crippen LogP contribution in [-0.2, 0) is 4.74 Å². The minimum atomic E-state index is -0.584. The number of hydrogen-bond donors (Lipinski definition) is 3. The van der Waals surface area contributed by atoms with Crippen LogP contribution in [0, 0.1) is 0 Å². The number of hydrogen-bond acceptors (Lipinski definition) is 6. The van der Waals surface area contributed by atoms with E-state index >= 15 is 0 Å². The average molecular weight is 419 g/mol. The molecule has 0 aliphatic carbocycles. The summed E-state index contributed by atoms with van der Waals surface area (Å²) in [6.07, 6.45) is 0.999. The fraction of sp³-hybridized carbons (Fsp3) is 0.0476. The lowest BCUT2D eigenvalue weighted by Gasteiger charge is -2.06. The first kappa shape index (κ1) is 19.5. The zero-order valence-corrected chi connectivity index (χ0v) is 16.7. The average Bonchev–Trinajstić information content (AvgIpc) is 3.17. The van der Waals surface area contributed by atoms with Crippen molar-refractivity contribution in [3.8, 4) is 0 Å². The molecular formula is C21H17N5O3S. The molecule has 4 aromatic rings. The van der Waals surface area contributed by atoms with Crippen LogP contribution in [0.2, 0.25) is 0 Å². The molecule has 3 N–H and O–H groups in total. The Morgan fingerprint density at radius 3 is 2.53 bits per heavy atom. The van der Waals surface area contributed by atoms with Gasteiger partial charge in [-0.2, -0.15) is 0 Å². The highest BCUT2D eigenvalue weighted by molar-refractivity contribution is 7.99. The summed E-state index contributed by atoms with van der Waals surface area (Å²) in [7, 11) is 1.29. The van der Waals surface area contributed by atoms with E-state index in [0.29, 0.717) is 17.3 Å². The van der Waals surface area contributed by atoms with Gasteiger partial charge >= 0.3 is 6.09 Å². The Bertz CT molecular complexity index is 1190. The van der Waals surface area contributed by atoms with Gasteiger partial charge in [0.25, 0.3) is 5.91 Å². The minimum Gasteiger partial charge on any atom is -0.453 e. The number of carbonyl (C=O) groups excluding carboxylic acids is 2. The second kappa shape index (κ2) is 8.66. The van der Waals surface area contributed by atoms with Crippen LogP contribution in [0.4, 0.5) is 16.4 Å². The Morgan fingerprint density at radius 1 is 1.00 bits per heavy atom. The molecule has 150 valence electrons. The highest BCUT2D eigenvalue weighted by Gasteiger charge is 2.09. The van der Waals surface area contributed by atoms with Gasteiger partial charge in [-0.05, 0) is 54.6 Å². The number of H-pyrrole nitrogens is 1. The van der Waals surface area contributed by atoms with Crippen LogP contribution < -0.4 is 10.6 Å². The largest absolute Gasteiger partial charge is 0.453 e. The van der Waals surface area contributed by atoms with Gasteiger partial charge in [-0.25, -0.2) is 9.78 Å². The van der Waals surface area contributed by atoms with Crippen LogP contribution in [0.1, 0.15) is 10.5 Å². The number of nitrogens with zero attached hydrogens (tertiary/aromatic N) is 2. The second-order valence-electron chi connectivity index (χ2n) is 6.18. The van der Waals surface area contributed by atoms with Crippen molar-refractivity contribution in [2.75, 3.05) is 17.7 Å². The van der Waals surface area contributed by atoms with E-state index in [4.69, 9.17) is 0 Å². The van der Waals surface area contributed by atoms with E-state index in [0.717, 1.165) is 20.8 Å². The van der Waals surface area contributed by atoms with Crippen molar-refractivity contribution in [1.29, 1.82) is 0 Å². The molecule has 0 spiro atoms. The molecule has 8 nitrogen and oxygen atoms in total. The van der Waals surface area contributed by atoms with Crippen LogP contribution in [0.5, 0.6) is 0 Å². The van der Waals surface area contributed by atoms with Crippen molar-refractivity contribution in [3.05, 3.63) is 72.6 Å². The number of imidazole rings is 1. The maximum Gasteiger partial charge on any atom is 0.413 e. The van der Waals surface area contributed by atoms with Gasteiger partial charge in [0.15, 0.2) is 0 Å². The van der Waals surface area contributed by atoms with Crippen LogP contribution in [-0.4, -0.2) is 34.1 Å². The fourth-order valence-corrected chi connectivity index (χ4v) is 3.55. The molecule has 2 amide bonds. The standard InChI is InChI=1S/C21H17N5O3S/c1-29-21(28)26-20-24-16-10-9-15(12-18(16)25-20)30-14-7-5-13(6-8-14)23-19(27)17-4-2-3-11-22-17/h2-12H,1H3,(H,23,27)(H2,24,25,26,28). The maximum atomic E-state index is 12.2. The third-order valence-corrected chi connectivity index (χ3v) is 5.10. The van der Waals surface area contributed by atoms with E-state index in [-0.39, 0.29) is 5.91 Å². The van der Waals surface area contributed by atoms with Gasteiger partial charge in [0.05, 0.1) is 18.1 Å². The van der Waals surface area contributed by atoms with Gasteiger partial charge < -0.3 is 15.0 Å². The molecule has 2 aromatic heterocycles. The number of nitrogens with one attached hydrogen (secondary N) is 3. The van der Waals surface area contributed by atoms with Crippen LogP contribution in [0.3, 0.4) is 0 Å². The lowest BCUT2D eigenvalue weighted by atomic mass is 10.3. The molecule has 4 rings (SSSR count). The smallest absolute Gasteiger partial charge is 0.413 e. The molecule has 0 aliphatic heterocycles. The maximum absolute atomic E-state index is 12.2. The lowest BCUT2D eigenvalue weighted by molar-refractivity contribution is 0.102. The number of aromatic amines is 1. The minimum absolute atomic E-state index is 0.253. The monoisotopic (exact) mass is 419 g/mol. The fourth-order valence-electron chi connectivity index (χ4n) is 2.69. The van der Waals surface area contributed by atoms with Crippen LogP contribution in [0.15, 0.2) is 76.7 Å². The molecule has 0 saturated heterocycles. The van der Waals surface area contributed by atoms with Gasteiger partial charge in [-0.15, -0.1) is 0 Å². The van der Waals surface area contributed by atoms with Crippen molar-refractivity contribution >= 4 is 46.4 Å². The molecule has 0 saturated carbocycles. The first-order valence-corrected chi connectivity index (χ1v) is 9.77. The van der Waals surface area contributed by atoms with E-state index in [9.17, 15) is 9.59 Å². The summed E-state index contributed by atoms with van der Waals surface area (Å²) in [6.45, 7) is 0. The third kappa shape index (κ3) is 4.58. The van der Waals surface area contributed by atoms with Crippen LogP contribution >= 0.6 is 11.8 Å². The van der Waals surface area contributed by atoms with Crippen molar-refractivity contribution in [1.82, 2.24) is 15.0 Å². The van der Waals surface area contributed by atoms with Gasteiger partial charge in [-0.3, -0.25) is 15.1 Å². The highest BCUT2D eigenvalue weighted by atomic mass is 32.2. The number of amides is 2. The van der Waals surface area contributed by atoms with E-state index in [1.54, 1.807) is 36.2 Å². The third-order valence-electron chi connectivity index (χ3n) is 4.10. The predicted molar refractivity (Wildman–Crippen MR) is 115 cm³/mol. The molecule has 2 aromatic carbocycles. The first-order chi connectivity index (χ1) is 14.6. The summed E-state index contributed by atoms with van der Waals surface area (Å²) in [6, 6.07) is 18.5. The quantitative estimate of drug-likeness (QED) is 0.438. The normalized spacial score (nSPS) is 10.6. The van der Waals surface area contributed by atoms with Gasteiger partial charge in [0.2, 0.25) is 5.95 Å². The van der Waals surface area contributed by atoms with E-state index in [1.165, 1.54) is 7.11 Å². The van der Waals surface area contributed by atoms with Crippen molar-refractivity contribution in [2.24, 2.45) is 0 Å². The lowest BCUT2D eigenvalue weighted by Crippen LogP contribution is -2.13. The van der Waals surface area contributed by atoms with Gasteiger partial charge in [0, 0.05) is 21.7 Å². The Kier molecular flexibility index (Phi) is 5.62. The number of ether oxygens (including phenoxy) is 1. The number of rotatable bonds is 5. The van der Waals surface area contributed by atoms with Crippen molar-refractivity contribution in [2.45, 2.75) is 9.79 Å². The van der Waals surface area contributed by atoms with E-state index in [1.807, 2.05) is 42.5 Å². The molecule has 0 fully saturated rings. The Hall–Kier alpha value is -3.85. The van der Waals surface area contributed by atoms with Crippen molar-refractivity contribution in [3.63, 3.8) is 0 Å². The summed E-state index contributed by atoms with van der Waals surface area (Å²) in [5.74, 6) is 0.0732. The molecular weight excluding hydrogens is 402 g/mol. The predicted octanol–water partition coefficient (Wildman–Crippen LogP) is 4.54. The Balaban J connectivity index is 1.43. The number of carbonyl (C=O) groups is 2. The van der Waals surface area contributed by atoms with E-state index in [2.05, 4.69) is 30.3 Å². The number of pyridine rings is 1. The number of anilines is 2. The summed E-state index contributed by atoms with van der Waals surface area (Å²) in [4.78, 5) is 36.9. The molecule has 0 atom stereocenters. The topological polar surface area (TPSA) is 109 Å². The highest BCUT2D eigenvalue weighted by Crippen LogP contribution is 2.30. The zero-order valence-electron chi connectivity index (χ0n) is 15.9. The molecule has 30 heavy (non-hydrogen) atoms. The first-order valence-electron chi connectivity index (χ1n) is 8.96. The molecule has 9 heteroatoms. The molecule has 0 aliphatic rings. The molecule has 2 heterocycles. The summed E-state index contributed by atoms with van der Waals surface area (Å²) in [5.41, 5.74) is 2.59. The number of fused-ring (bicyclic) bond motifs is 1. The zero-order chi connectivity index (χ0) is 20.9.